The number of amides is 2. The maximum absolute atomic E-state index is 13.3. The molecule has 1 saturated carbocycles. The van der Waals surface area contributed by atoms with E-state index in [-0.39, 0.29) is 11.5 Å². The van der Waals surface area contributed by atoms with Gasteiger partial charge in [0.05, 0.1) is 17.7 Å². The molecule has 1 aromatic rings. The van der Waals surface area contributed by atoms with Crippen LogP contribution in [0.3, 0.4) is 0 Å². The molecule has 0 unspecified atom stereocenters. The molecule has 3 heterocycles. The summed E-state index contributed by atoms with van der Waals surface area (Å²) < 4.78 is 5.25. The van der Waals surface area contributed by atoms with Gasteiger partial charge in [-0.3, -0.25) is 4.79 Å². The van der Waals surface area contributed by atoms with E-state index in [1.54, 1.807) is 6.20 Å². The quantitative estimate of drug-likeness (QED) is 0.763. The van der Waals surface area contributed by atoms with Crippen molar-refractivity contribution in [3.05, 3.63) is 17.8 Å². The van der Waals surface area contributed by atoms with Crippen LogP contribution in [-0.4, -0.2) is 65.3 Å². The van der Waals surface area contributed by atoms with Gasteiger partial charge in [-0.1, -0.05) is 0 Å². The molecule has 1 aromatic heterocycles. The molecule has 170 valence electrons. The molecule has 3 fully saturated rings. The summed E-state index contributed by atoms with van der Waals surface area (Å²) in [5.41, 5.74) is 0.722. The number of hydrogen-bond donors (Lipinski definition) is 2. The number of piperidine rings is 1. The Kier molecular flexibility index (Phi) is 6.36. The molecule has 31 heavy (non-hydrogen) atoms. The Hall–Kier alpha value is -2.35. The van der Waals surface area contributed by atoms with Crippen LogP contribution in [0, 0.1) is 12.3 Å². The zero-order valence-electron chi connectivity index (χ0n) is 18.6. The summed E-state index contributed by atoms with van der Waals surface area (Å²) >= 11 is 0. The number of likely N-dealkylation sites (tertiary alicyclic amines) is 1. The lowest BCUT2D eigenvalue weighted by molar-refractivity contribution is -0.139. The second-order valence-electron chi connectivity index (χ2n) is 9.21. The minimum Gasteiger partial charge on any atom is -0.409 e. The summed E-state index contributed by atoms with van der Waals surface area (Å²) in [6.07, 6.45) is 6.98. The number of aromatic nitrogens is 1. The summed E-state index contributed by atoms with van der Waals surface area (Å²) in [6.45, 7) is 6.77. The fourth-order valence-corrected chi connectivity index (χ4v) is 5.39. The summed E-state index contributed by atoms with van der Waals surface area (Å²) in [5.74, 6) is 1.64. The first kappa shape index (κ1) is 21.9. The summed E-state index contributed by atoms with van der Waals surface area (Å²) in [7, 11) is 0. The van der Waals surface area contributed by atoms with E-state index in [0.717, 1.165) is 76.0 Å². The molecule has 2 amide bonds. The number of pyridine rings is 1. The van der Waals surface area contributed by atoms with Crippen molar-refractivity contribution in [3.63, 3.8) is 0 Å². The molecule has 2 N–H and O–H groups in total. The van der Waals surface area contributed by atoms with Crippen molar-refractivity contribution in [3.8, 4) is 5.75 Å². The molecule has 0 atom stereocenters. The Balaban J connectivity index is 1.36. The highest BCUT2D eigenvalue weighted by Crippen LogP contribution is 2.44. The molecule has 2 saturated heterocycles. The Morgan fingerprint density at radius 3 is 2.55 bits per heavy atom. The van der Waals surface area contributed by atoms with Gasteiger partial charge in [-0.2, -0.15) is 0 Å². The Morgan fingerprint density at radius 2 is 1.90 bits per heavy atom. The zero-order chi connectivity index (χ0) is 22.0. The van der Waals surface area contributed by atoms with E-state index < -0.39 is 6.09 Å². The van der Waals surface area contributed by atoms with Gasteiger partial charge in [0.15, 0.2) is 5.75 Å². The molecular formula is C23H34N4O4. The van der Waals surface area contributed by atoms with E-state index in [2.05, 4.69) is 20.1 Å². The van der Waals surface area contributed by atoms with Gasteiger partial charge in [0.1, 0.15) is 5.82 Å². The van der Waals surface area contributed by atoms with Gasteiger partial charge in [0, 0.05) is 32.2 Å². The van der Waals surface area contributed by atoms with Gasteiger partial charge < -0.3 is 25.0 Å². The van der Waals surface area contributed by atoms with E-state index in [4.69, 9.17) is 4.74 Å². The highest BCUT2D eigenvalue weighted by Gasteiger charge is 2.50. The zero-order valence-corrected chi connectivity index (χ0v) is 18.6. The van der Waals surface area contributed by atoms with Crippen LogP contribution in [0.4, 0.5) is 10.6 Å². The molecule has 0 bridgehead atoms. The lowest BCUT2D eigenvalue weighted by Crippen LogP contribution is -2.47. The number of nitrogens with zero attached hydrogens (tertiary/aromatic N) is 3. The third-order valence-corrected chi connectivity index (χ3v) is 7.23. The van der Waals surface area contributed by atoms with Crippen LogP contribution in [0.2, 0.25) is 0 Å². The maximum atomic E-state index is 13.3. The molecule has 8 nitrogen and oxygen atoms in total. The number of carbonyl (C=O) groups is 2. The number of rotatable bonds is 4. The lowest BCUT2D eigenvalue weighted by atomic mass is 9.77. The molecule has 1 aliphatic carbocycles. The Morgan fingerprint density at radius 1 is 1.23 bits per heavy atom. The predicted molar refractivity (Wildman–Crippen MR) is 117 cm³/mol. The second-order valence-corrected chi connectivity index (χ2v) is 9.21. The average Bonchev–Trinajstić information content (AvgIpc) is 3.06. The molecule has 2 aliphatic heterocycles. The van der Waals surface area contributed by atoms with E-state index in [9.17, 15) is 14.7 Å². The first-order chi connectivity index (χ1) is 14.9. The van der Waals surface area contributed by atoms with Crippen molar-refractivity contribution < 1.29 is 19.4 Å². The van der Waals surface area contributed by atoms with Crippen molar-refractivity contribution in [2.75, 3.05) is 31.1 Å². The van der Waals surface area contributed by atoms with E-state index in [1.807, 2.05) is 19.9 Å². The minimum absolute atomic E-state index is 0.195. The van der Waals surface area contributed by atoms with Gasteiger partial charge in [0.25, 0.3) is 0 Å². The number of carbonyl (C=O) groups excluding carboxylic acids is 2. The standard InChI is InChI=1S/C23H34N4O4/c1-3-24-22(30)31-19-14-16(2)20(25-15-19)26-11-8-23(9-12-26)10-13-27(21(23)29)17-4-6-18(28)7-5-17/h14-15,17-18,28H,3-13H2,1-2H3,(H,24,30). The molecule has 4 rings (SSSR count). The average molecular weight is 431 g/mol. The van der Waals surface area contributed by atoms with Crippen molar-refractivity contribution in [1.82, 2.24) is 15.2 Å². The highest BCUT2D eigenvalue weighted by atomic mass is 16.6. The summed E-state index contributed by atoms with van der Waals surface area (Å²) in [4.78, 5) is 33.9. The van der Waals surface area contributed by atoms with Crippen LogP contribution in [0.15, 0.2) is 12.3 Å². The molecule has 8 heteroatoms. The first-order valence-electron chi connectivity index (χ1n) is 11.6. The van der Waals surface area contributed by atoms with Gasteiger partial charge in [0.2, 0.25) is 5.91 Å². The van der Waals surface area contributed by atoms with Gasteiger partial charge in [-0.25, -0.2) is 9.78 Å². The molecule has 0 aromatic carbocycles. The number of anilines is 1. The fourth-order valence-electron chi connectivity index (χ4n) is 5.39. The summed E-state index contributed by atoms with van der Waals surface area (Å²) in [6, 6.07) is 2.14. The van der Waals surface area contributed by atoms with Crippen molar-refractivity contribution in [2.24, 2.45) is 5.41 Å². The molecule has 1 spiro atoms. The van der Waals surface area contributed by atoms with E-state index in [0.29, 0.717) is 24.2 Å². The third kappa shape index (κ3) is 4.49. The topological polar surface area (TPSA) is 95.0 Å². The van der Waals surface area contributed by atoms with Gasteiger partial charge >= 0.3 is 6.09 Å². The monoisotopic (exact) mass is 430 g/mol. The lowest BCUT2D eigenvalue weighted by Gasteiger charge is -2.40. The molecular weight excluding hydrogens is 396 g/mol. The number of aliphatic hydroxyl groups is 1. The van der Waals surface area contributed by atoms with E-state index in [1.165, 1.54) is 0 Å². The molecule has 0 radical (unpaired) electrons. The fraction of sp³-hybridized carbons (Fsp3) is 0.696. The van der Waals surface area contributed by atoms with Crippen LogP contribution >= 0.6 is 0 Å². The summed E-state index contributed by atoms with van der Waals surface area (Å²) in [5, 5.41) is 12.4. The number of ether oxygens (including phenoxy) is 1. The van der Waals surface area contributed by atoms with Crippen LogP contribution in [0.25, 0.3) is 0 Å². The minimum atomic E-state index is -0.479. The third-order valence-electron chi connectivity index (χ3n) is 7.23. The highest BCUT2D eigenvalue weighted by molar-refractivity contribution is 5.85. The maximum Gasteiger partial charge on any atom is 0.412 e. The van der Waals surface area contributed by atoms with Crippen molar-refractivity contribution in [2.45, 2.75) is 70.9 Å². The molecule has 3 aliphatic rings. The Labute approximate surface area is 184 Å². The predicted octanol–water partition coefficient (Wildman–Crippen LogP) is 2.62. The SMILES string of the molecule is CCNC(=O)Oc1cnc(N2CCC3(CC2)CCN(C2CCC(O)CC2)C3=O)c(C)c1. The van der Waals surface area contributed by atoms with Crippen LogP contribution in [-0.2, 0) is 4.79 Å². The second kappa shape index (κ2) is 9.02. The smallest absolute Gasteiger partial charge is 0.409 e. The number of nitrogens with one attached hydrogen (secondary N) is 1. The van der Waals surface area contributed by atoms with Crippen LogP contribution in [0.5, 0.6) is 5.75 Å². The normalized spacial score (nSPS) is 25.7. The first-order valence-corrected chi connectivity index (χ1v) is 11.6. The van der Waals surface area contributed by atoms with Crippen molar-refractivity contribution >= 4 is 17.8 Å². The number of hydrogen-bond acceptors (Lipinski definition) is 6. The van der Waals surface area contributed by atoms with Crippen molar-refractivity contribution in [1.29, 1.82) is 0 Å². The van der Waals surface area contributed by atoms with Gasteiger partial charge in [-0.05, 0) is 70.4 Å². The van der Waals surface area contributed by atoms with Crippen LogP contribution in [0.1, 0.15) is 57.4 Å². The number of aryl methyl sites for hydroxylation is 1. The Bertz CT molecular complexity index is 814. The number of aliphatic hydroxyl groups excluding tert-OH is 1. The largest absolute Gasteiger partial charge is 0.412 e. The van der Waals surface area contributed by atoms with Gasteiger partial charge in [-0.15, -0.1) is 0 Å². The van der Waals surface area contributed by atoms with Crippen LogP contribution < -0.4 is 15.0 Å². The van der Waals surface area contributed by atoms with E-state index >= 15 is 0 Å².